The quantitative estimate of drug-likeness (QED) is 0.856. The molecule has 22 heavy (non-hydrogen) atoms. The molecule has 0 fully saturated rings. The molecule has 1 heterocycles. The number of rotatable bonds is 3. The first-order valence-electron chi connectivity index (χ1n) is 7.35. The van der Waals surface area contributed by atoms with E-state index in [1.165, 1.54) is 11.1 Å². The highest BCUT2D eigenvalue weighted by atomic mass is 35.5. The number of hydrogen-bond acceptors (Lipinski definition) is 3. The lowest BCUT2D eigenvalue weighted by molar-refractivity contribution is 0.262. The Labute approximate surface area is 136 Å². The van der Waals surface area contributed by atoms with Gasteiger partial charge < -0.3 is 9.47 Å². The summed E-state index contributed by atoms with van der Waals surface area (Å²) in [7, 11) is 5.47. The van der Waals surface area contributed by atoms with E-state index in [0.29, 0.717) is 0 Å². The molecule has 0 radical (unpaired) electrons. The fraction of sp³-hybridized carbons (Fsp3) is 0.333. The second-order valence-corrected chi connectivity index (χ2v) is 5.97. The van der Waals surface area contributed by atoms with Gasteiger partial charge in [0.15, 0.2) is 11.5 Å². The minimum absolute atomic E-state index is 0.136. The van der Waals surface area contributed by atoms with Gasteiger partial charge in [0.25, 0.3) is 0 Å². The van der Waals surface area contributed by atoms with E-state index in [1.54, 1.807) is 14.2 Å². The predicted molar refractivity (Wildman–Crippen MR) is 89.2 cm³/mol. The maximum atomic E-state index is 6.44. The minimum Gasteiger partial charge on any atom is -0.493 e. The fourth-order valence-corrected chi connectivity index (χ4v) is 3.41. The Morgan fingerprint density at radius 3 is 2.41 bits per heavy atom. The fourth-order valence-electron chi connectivity index (χ4n) is 3.17. The van der Waals surface area contributed by atoms with Crippen molar-refractivity contribution in [1.82, 2.24) is 4.90 Å². The van der Waals surface area contributed by atoms with Crippen molar-refractivity contribution in [1.29, 1.82) is 0 Å². The van der Waals surface area contributed by atoms with Gasteiger partial charge in [-0.05, 0) is 48.4 Å². The number of likely N-dealkylation sites (N-methyl/N-ethyl adjacent to an activating group) is 1. The summed E-state index contributed by atoms with van der Waals surface area (Å²) in [5, 5.41) is 0.794. The molecule has 1 aliphatic heterocycles. The SMILES string of the molecule is COc1cc2c(cc1OC)[C@@H](c1ccccc1Cl)N(C)CC2. The average Bonchev–Trinajstić information content (AvgIpc) is 2.54. The van der Waals surface area contributed by atoms with Gasteiger partial charge in [0.1, 0.15) is 0 Å². The smallest absolute Gasteiger partial charge is 0.161 e. The van der Waals surface area contributed by atoms with Crippen LogP contribution >= 0.6 is 11.6 Å². The maximum absolute atomic E-state index is 6.44. The molecule has 0 N–H and O–H groups in total. The number of halogens is 1. The summed E-state index contributed by atoms with van der Waals surface area (Å²) in [4.78, 5) is 2.33. The van der Waals surface area contributed by atoms with Crippen LogP contribution in [-0.4, -0.2) is 32.7 Å². The zero-order valence-corrected chi connectivity index (χ0v) is 13.9. The van der Waals surface area contributed by atoms with Crippen LogP contribution in [0.4, 0.5) is 0 Å². The van der Waals surface area contributed by atoms with Crippen molar-refractivity contribution in [2.24, 2.45) is 0 Å². The van der Waals surface area contributed by atoms with Crippen LogP contribution in [0.15, 0.2) is 36.4 Å². The van der Waals surface area contributed by atoms with Crippen LogP contribution < -0.4 is 9.47 Å². The number of methoxy groups -OCH3 is 2. The Bertz CT molecular complexity index is 687. The number of ether oxygens (including phenoxy) is 2. The van der Waals surface area contributed by atoms with E-state index in [9.17, 15) is 0 Å². The summed E-state index contributed by atoms with van der Waals surface area (Å²) in [6.45, 7) is 0.984. The number of benzene rings is 2. The Kier molecular flexibility index (Phi) is 4.27. The van der Waals surface area contributed by atoms with Crippen molar-refractivity contribution in [2.45, 2.75) is 12.5 Å². The molecule has 0 aliphatic carbocycles. The van der Waals surface area contributed by atoms with E-state index >= 15 is 0 Å². The molecule has 1 atom stereocenters. The number of hydrogen-bond donors (Lipinski definition) is 0. The first kappa shape index (κ1) is 15.2. The topological polar surface area (TPSA) is 21.7 Å². The lowest BCUT2D eigenvalue weighted by atomic mass is 9.88. The molecule has 0 bridgehead atoms. The molecule has 0 saturated heterocycles. The van der Waals surface area contributed by atoms with Crippen LogP contribution in [0.25, 0.3) is 0 Å². The molecule has 2 aromatic carbocycles. The summed E-state index contributed by atoms with van der Waals surface area (Å²) in [6, 6.07) is 12.3. The maximum Gasteiger partial charge on any atom is 0.161 e. The van der Waals surface area contributed by atoms with Crippen molar-refractivity contribution in [3.05, 3.63) is 58.1 Å². The third-order valence-corrected chi connectivity index (χ3v) is 4.66. The monoisotopic (exact) mass is 317 g/mol. The lowest BCUT2D eigenvalue weighted by Crippen LogP contribution is -2.33. The minimum atomic E-state index is 0.136. The van der Waals surface area contributed by atoms with Crippen LogP contribution in [0.2, 0.25) is 5.02 Å². The first-order valence-corrected chi connectivity index (χ1v) is 7.73. The molecule has 3 rings (SSSR count). The molecular weight excluding hydrogens is 298 g/mol. The van der Waals surface area contributed by atoms with E-state index in [2.05, 4.69) is 30.1 Å². The van der Waals surface area contributed by atoms with Crippen molar-refractivity contribution in [2.75, 3.05) is 27.8 Å². The van der Waals surface area contributed by atoms with Crippen molar-refractivity contribution in [3.8, 4) is 11.5 Å². The summed E-state index contributed by atoms with van der Waals surface area (Å²) in [5.41, 5.74) is 3.65. The summed E-state index contributed by atoms with van der Waals surface area (Å²) in [6.07, 6.45) is 0.993. The Balaban J connectivity index is 2.16. The second kappa shape index (κ2) is 6.19. The molecule has 3 nitrogen and oxygen atoms in total. The molecular formula is C18H20ClNO2. The zero-order chi connectivity index (χ0) is 15.7. The Hall–Kier alpha value is -1.71. The van der Waals surface area contributed by atoms with Gasteiger partial charge in [-0.25, -0.2) is 0 Å². The van der Waals surface area contributed by atoms with Gasteiger partial charge in [-0.15, -0.1) is 0 Å². The van der Waals surface area contributed by atoms with E-state index in [-0.39, 0.29) is 6.04 Å². The van der Waals surface area contributed by atoms with E-state index in [4.69, 9.17) is 21.1 Å². The normalized spacial score (nSPS) is 17.9. The number of fused-ring (bicyclic) bond motifs is 1. The highest BCUT2D eigenvalue weighted by Crippen LogP contribution is 2.41. The van der Waals surface area contributed by atoms with Gasteiger partial charge in [-0.3, -0.25) is 4.90 Å². The molecule has 116 valence electrons. The molecule has 1 aliphatic rings. The van der Waals surface area contributed by atoms with Gasteiger partial charge >= 0.3 is 0 Å². The zero-order valence-electron chi connectivity index (χ0n) is 13.1. The third-order valence-electron chi connectivity index (χ3n) is 4.31. The molecule has 4 heteroatoms. The van der Waals surface area contributed by atoms with Gasteiger partial charge in [0, 0.05) is 11.6 Å². The van der Waals surface area contributed by atoms with Crippen molar-refractivity contribution < 1.29 is 9.47 Å². The second-order valence-electron chi connectivity index (χ2n) is 5.56. The third kappa shape index (κ3) is 2.55. The summed E-state index contributed by atoms with van der Waals surface area (Å²) < 4.78 is 10.9. The van der Waals surface area contributed by atoms with Crippen LogP contribution in [-0.2, 0) is 6.42 Å². The van der Waals surface area contributed by atoms with Gasteiger partial charge in [0.05, 0.1) is 20.3 Å². The Morgan fingerprint density at radius 2 is 1.73 bits per heavy atom. The van der Waals surface area contributed by atoms with Crippen LogP contribution in [0.5, 0.6) is 11.5 Å². The van der Waals surface area contributed by atoms with E-state index < -0.39 is 0 Å². The first-order chi connectivity index (χ1) is 10.7. The average molecular weight is 318 g/mol. The largest absolute Gasteiger partial charge is 0.493 e. The molecule has 0 aromatic heterocycles. The highest BCUT2D eigenvalue weighted by Gasteiger charge is 2.29. The predicted octanol–water partition coefficient (Wildman–Crippen LogP) is 3.93. The lowest BCUT2D eigenvalue weighted by Gasteiger charge is -2.36. The number of nitrogens with zero attached hydrogens (tertiary/aromatic N) is 1. The molecule has 0 saturated carbocycles. The van der Waals surface area contributed by atoms with Crippen molar-refractivity contribution >= 4 is 11.6 Å². The van der Waals surface area contributed by atoms with E-state index in [0.717, 1.165) is 35.1 Å². The molecule has 0 unspecified atom stereocenters. The summed E-state index contributed by atoms with van der Waals surface area (Å²) in [5.74, 6) is 1.54. The summed E-state index contributed by atoms with van der Waals surface area (Å²) >= 11 is 6.44. The molecule has 0 spiro atoms. The Morgan fingerprint density at radius 1 is 1.05 bits per heavy atom. The highest BCUT2D eigenvalue weighted by molar-refractivity contribution is 6.31. The molecule has 2 aromatic rings. The van der Waals surface area contributed by atoms with E-state index in [1.807, 2.05) is 18.2 Å². The van der Waals surface area contributed by atoms with Gasteiger partial charge in [-0.2, -0.15) is 0 Å². The van der Waals surface area contributed by atoms with Crippen LogP contribution in [0.3, 0.4) is 0 Å². The van der Waals surface area contributed by atoms with Gasteiger partial charge in [0.2, 0.25) is 0 Å². The standard InChI is InChI=1S/C18H20ClNO2/c1-20-9-8-12-10-16(21-2)17(22-3)11-14(12)18(20)13-6-4-5-7-15(13)19/h4-7,10-11,18H,8-9H2,1-3H3/t18-/m1/s1. The van der Waals surface area contributed by atoms with Crippen LogP contribution in [0, 0.1) is 0 Å². The molecule has 0 amide bonds. The van der Waals surface area contributed by atoms with Crippen molar-refractivity contribution in [3.63, 3.8) is 0 Å². The van der Waals surface area contributed by atoms with Gasteiger partial charge in [-0.1, -0.05) is 29.8 Å². The van der Waals surface area contributed by atoms with Crippen LogP contribution in [0.1, 0.15) is 22.7 Å².